The Labute approximate surface area is 109 Å². The smallest absolute Gasteiger partial charge is 0.202 e. The van der Waals surface area contributed by atoms with Crippen LogP contribution in [0.15, 0.2) is 58.6 Å². The summed E-state index contributed by atoms with van der Waals surface area (Å²) in [5, 5.41) is 0. The van der Waals surface area contributed by atoms with Crippen molar-refractivity contribution in [3.8, 4) is 0 Å². The van der Waals surface area contributed by atoms with Crippen LogP contribution in [0.1, 0.15) is 15.9 Å². The molecule has 0 saturated heterocycles. The molecule has 0 saturated carbocycles. The van der Waals surface area contributed by atoms with E-state index in [0.717, 1.165) is 16.0 Å². The number of nitrogens with zero attached hydrogens (tertiary/aromatic N) is 1. The number of benzene rings is 1. The van der Waals surface area contributed by atoms with Gasteiger partial charge in [-0.25, -0.2) is 0 Å². The largest absolute Gasteiger partial charge is 0.397 e. The predicted octanol–water partition coefficient (Wildman–Crippen LogP) is 2.70. The van der Waals surface area contributed by atoms with Crippen molar-refractivity contribution in [1.29, 1.82) is 0 Å². The van der Waals surface area contributed by atoms with Crippen molar-refractivity contribution in [3.63, 3.8) is 0 Å². The SMILES string of the molecule is N/C(=C1/Sc2ccccc2C1=O)c1cccnc1. The lowest BCUT2D eigenvalue weighted by Crippen LogP contribution is -2.04. The normalized spacial score (nSPS) is 16.6. The molecule has 1 aromatic heterocycles. The van der Waals surface area contributed by atoms with E-state index in [4.69, 9.17) is 5.73 Å². The third kappa shape index (κ3) is 1.71. The number of Topliss-reactive ketones (excluding diaryl/α,β-unsaturated/α-hetero) is 1. The Kier molecular flexibility index (Phi) is 2.64. The van der Waals surface area contributed by atoms with Gasteiger partial charge in [0.25, 0.3) is 0 Å². The van der Waals surface area contributed by atoms with Gasteiger partial charge in [0.15, 0.2) is 0 Å². The minimum Gasteiger partial charge on any atom is -0.397 e. The van der Waals surface area contributed by atoms with Crippen LogP contribution in [-0.2, 0) is 0 Å². The van der Waals surface area contributed by atoms with Gasteiger partial charge in [-0.1, -0.05) is 23.9 Å². The fourth-order valence-electron chi connectivity index (χ4n) is 1.85. The van der Waals surface area contributed by atoms with Crippen molar-refractivity contribution in [2.75, 3.05) is 0 Å². The van der Waals surface area contributed by atoms with Crippen molar-refractivity contribution in [3.05, 3.63) is 64.8 Å². The van der Waals surface area contributed by atoms with Crippen LogP contribution in [0.4, 0.5) is 0 Å². The molecule has 0 spiro atoms. The van der Waals surface area contributed by atoms with E-state index < -0.39 is 0 Å². The van der Waals surface area contributed by atoms with Crippen LogP contribution in [0.5, 0.6) is 0 Å². The molecule has 3 nitrogen and oxygen atoms in total. The number of aromatic nitrogens is 1. The number of fused-ring (bicyclic) bond motifs is 1. The molecule has 4 heteroatoms. The number of hydrogen-bond donors (Lipinski definition) is 1. The standard InChI is InChI=1S/C14H10N2OS/c15-12(9-4-3-7-16-8-9)14-13(17)10-5-1-2-6-11(10)18-14/h1-8H,15H2/b14-12+. The molecule has 18 heavy (non-hydrogen) atoms. The maximum absolute atomic E-state index is 12.2. The minimum atomic E-state index is -0.00282. The first-order chi connectivity index (χ1) is 8.77. The van der Waals surface area contributed by atoms with Crippen molar-refractivity contribution in [2.24, 2.45) is 5.73 Å². The van der Waals surface area contributed by atoms with E-state index in [1.165, 1.54) is 11.8 Å². The molecule has 0 radical (unpaired) electrons. The summed E-state index contributed by atoms with van der Waals surface area (Å²) in [5.74, 6) is -0.00282. The van der Waals surface area contributed by atoms with Crippen molar-refractivity contribution in [2.45, 2.75) is 4.90 Å². The lowest BCUT2D eigenvalue weighted by molar-refractivity contribution is 0.104. The molecule has 1 aliphatic heterocycles. The Balaban J connectivity index is 2.09. The second-order valence-electron chi connectivity index (χ2n) is 3.91. The zero-order valence-corrected chi connectivity index (χ0v) is 10.3. The van der Waals surface area contributed by atoms with E-state index in [-0.39, 0.29) is 5.78 Å². The summed E-state index contributed by atoms with van der Waals surface area (Å²) in [5.41, 5.74) is 8.07. The summed E-state index contributed by atoms with van der Waals surface area (Å²) in [6.45, 7) is 0. The summed E-state index contributed by atoms with van der Waals surface area (Å²) >= 11 is 1.42. The van der Waals surface area contributed by atoms with Gasteiger partial charge in [0.05, 0.1) is 10.6 Å². The lowest BCUT2D eigenvalue weighted by atomic mass is 10.1. The topological polar surface area (TPSA) is 56.0 Å². The van der Waals surface area contributed by atoms with Gasteiger partial charge in [-0.2, -0.15) is 0 Å². The highest BCUT2D eigenvalue weighted by atomic mass is 32.2. The highest BCUT2D eigenvalue weighted by Gasteiger charge is 2.27. The van der Waals surface area contributed by atoms with Gasteiger partial charge >= 0.3 is 0 Å². The molecular formula is C14H10N2OS. The number of nitrogens with two attached hydrogens (primary N) is 1. The summed E-state index contributed by atoms with van der Waals surface area (Å²) in [6.07, 6.45) is 3.35. The van der Waals surface area contributed by atoms with Gasteiger partial charge < -0.3 is 5.73 Å². The molecule has 0 unspecified atom stereocenters. The molecule has 0 atom stereocenters. The van der Waals surface area contributed by atoms with Crippen LogP contribution in [0, 0.1) is 0 Å². The van der Waals surface area contributed by atoms with Crippen molar-refractivity contribution >= 4 is 23.2 Å². The van der Waals surface area contributed by atoms with Crippen LogP contribution in [-0.4, -0.2) is 10.8 Å². The van der Waals surface area contributed by atoms with E-state index in [1.54, 1.807) is 18.5 Å². The Morgan fingerprint density at radius 3 is 2.72 bits per heavy atom. The van der Waals surface area contributed by atoms with E-state index in [0.29, 0.717) is 10.6 Å². The lowest BCUT2D eigenvalue weighted by Gasteiger charge is -2.03. The first-order valence-electron chi connectivity index (χ1n) is 5.49. The monoisotopic (exact) mass is 254 g/mol. The quantitative estimate of drug-likeness (QED) is 0.795. The maximum Gasteiger partial charge on any atom is 0.202 e. The number of pyridine rings is 1. The summed E-state index contributed by atoms with van der Waals surface area (Å²) in [6, 6.07) is 11.2. The molecule has 1 aliphatic rings. The Morgan fingerprint density at radius 2 is 2.00 bits per heavy atom. The van der Waals surface area contributed by atoms with Crippen LogP contribution in [0.3, 0.4) is 0 Å². The molecule has 2 heterocycles. The average molecular weight is 254 g/mol. The Bertz CT molecular complexity index is 650. The van der Waals surface area contributed by atoms with Gasteiger partial charge in [0, 0.05) is 28.4 Å². The second-order valence-corrected chi connectivity index (χ2v) is 4.96. The highest BCUT2D eigenvalue weighted by Crippen LogP contribution is 2.41. The second kappa shape index (κ2) is 4.31. The third-order valence-electron chi connectivity index (χ3n) is 2.77. The molecule has 0 aliphatic carbocycles. The molecule has 3 rings (SSSR count). The average Bonchev–Trinajstić information content (AvgIpc) is 2.77. The fourth-order valence-corrected chi connectivity index (χ4v) is 2.92. The first-order valence-corrected chi connectivity index (χ1v) is 6.31. The molecule has 88 valence electrons. The van der Waals surface area contributed by atoms with E-state index >= 15 is 0 Å². The van der Waals surface area contributed by atoms with Crippen LogP contribution >= 0.6 is 11.8 Å². The van der Waals surface area contributed by atoms with E-state index in [1.807, 2.05) is 30.3 Å². The Hall–Kier alpha value is -2.07. The molecule has 2 N–H and O–H groups in total. The van der Waals surface area contributed by atoms with E-state index in [9.17, 15) is 4.79 Å². The van der Waals surface area contributed by atoms with E-state index in [2.05, 4.69) is 4.98 Å². The molecular weight excluding hydrogens is 244 g/mol. The molecule has 2 aromatic rings. The van der Waals surface area contributed by atoms with Crippen molar-refractivity contribution < 1.29 is 4.79 Å². The van der Waals surface area contributed by atoms with Crippen LogP contribution in [0.2, 0.25) is 0 Å². The maximum atomic E-state index is 12.2. The number of carbonyl (C=O) groups is 1. The van der Waals surface area contributed by atoms with Gasteiger partial charge in [-0.05, 0) is 24.3 Å². The molecule has 1 aromatic carbocycles. The van der Waals surface area contributed by atoms with Crippen LogP contribution in [0.25, 0.3) is 5.70 Å². The van der Waals surface area contributed by atoms with Gasteiger partial charge in [0.2, 0.25) is 5.78 Å². The van der Waals surface area contributed by atoms with Crippen LogP contribution < -0.4 is 5.73 Å². The van der Waals surface area contributed by atoms with Gasteiger partial charge in [-0.3, -0.25) is 9.78 Å². The van der Waals surface area contributed by atoms with Gasteiger partial charge in [-0.15, -0.1) is 0 Å². The summed E-state index contributed by atoms with van der Waals surface area (Å²) < 4.78 is 0. The zero-order chi connectivity index (χ0) is 12.5. The third-order valence-corrected chi connectivity index (χ3v) is 3.95. The number of carbonyl (C=O) groups excluding carboxylic acids is 1. The minimum absolute atomic E-state index is 0.00282. The number of allylic oxidation sites excluding steroid dienone is 1. The predicted molar refractivity (Wildman–Crippen MR) is 72.0 cm³/mol. The first kappa shape index (κ1) is 11.0. The number of thioether (sulfide) groups is 1. The number of hydrogen-bond acceptors (Lipinski definition) is 4. The number of ketones is 1. The van der Waals surface area contributed by atoms with Crippen molar-refractivity contribution in [1.82, 2.24) is 4.98 Å². The highest BCUT2D eigenvalue weighted by molar-refractivity contribution is 8.05. The zero-order valence-electron chi connectivity index (χ0n) is 9.46. The molecule has 0 bridgehead atoms. The number of rotatable bonds is 1. The molecule has 0 amide bonds. The fraction of sp³-hybridized carbons (Fsp3) is 0. The molecule has 0 fully saturated rings. The van der Waals surface area contributed by atoms with Gasteiger partial charge in [0.1, 0.15) is 0 Å². The summed E-state index contributed by atoms with van der Waals surface area (Å²) in [4.78, 5) is 17.8. The Morgan fingerprint density at radius 1 is 1.17 bits per heavy atom. The summed E-state index contributed by atoms with van der Waals surface area (Å²) in [7, 11) is 0.